The summed E-state index contributed by atoms with van der Waals surface area (Å²) in [4.78, 5) is 31.5. The van der Waals surface area contributed by atoms with Crippen molar-refractivity contribution in [2.75, 3.05) is 13.1 Å². The van der Waals surface area contributed by atoms with Gasteiger partial charge in [0.1, 0.15) is 5.82 Å². The van der Waals surface area contributed by atoms with Gasteiger partial charge >= 0.3 is 0 Å². The van der Waals surface area contributed by atoms with E-state index in [1.807, 2.05) is 24.0 Å². The largest absolute Gasteiger partial charge is 0.342 e. The second-order valence-corrected chi connectivity index (χ2v) is 7.47. The minimum Gasteiger partial charge on any atom is -0.342 e. The molecule has 1 amide bonds. The van der Waals surface area contributed by atoms with Crippen LogP contribution in [0.5, 0.6) is 0 Å². The molecule has 1 aliphatic rings. The van der Waals surface area contributed by atoms with Crippen molar-refractivity contribution in [1.29, 1.82) is 0 Å². The van der Waals surface area contributed by atoms with Crippen molar-refractivity contribution in [2.45, 2.75) is 32.6 Å². The van der Waals surface area contributed by atoms with E-state index in [4.69, 9.17) is 4.98 Å². The number of rotatable bonds is 2. The lowest BCUT2D eigenvalue weighted by molar-refractivity contribution is 0.0692. The van der Waals surface area contributed by atoms with Gasteiger partial charge in [0.2, 0.25) is 5.82 Å². The van der Waals surface area contributed by atoms with Crippen molar-refractivity contribution in [3.63, 3.8) is 0 Å². The molecule has 8 heteroatoms. The highest BCUT2D eigenvalue weighted by atomic mass is 16.2. The van der Waals surface area contributed by atoms with Gasteiger partial charge in [-0.15, -0.1) is 5.10 Å². The van der Waals surface area contributed by atoms with Crippen molar-refractivity contribution in [3.05, 3.63) is 53.4 Å². The molecule has 0 radical (unpaired) electrons. The SMILES string of the molecule is Cc1ccc2nc(C3CCCN(C(=O)c4nc5nccc(C)n5n4)C3)[nH]c2c1. The van der Waals surface area contributed by atoms with Gasteiger partial charge in [-0.3, -0.25) is 4.79 Å². The molecule has 0 bridgehead atoms. The number of aryl methyl sites for hydroxylation is 2. The summed E-state index contributed by atoms with van der Waals surface area (Å²) in [5.74, 6) is 1.62. The molecule has 1 unspecified atom stereocenters. The third-order valence-electron chi connectivity index (χ3n) is 5.37. The molecule has 5 rings (SSSR count). The zero-order chi connectivity index (χ0) is 19.3. The number of fused-ring (bicyclic) bond motifs is 2. The van der Waals surface area contributed by atoms with Gasteiger partial charge < -0.3 is 9.88 Å². The Labute approximate surface area is 161 Å². The number of carbonyl (C=O) groups is 1. The fourth-order valence-corrected chi connectivity index (χ4v) is 3.86. The number of H-pyrrole nitrogens is 1. The van der Waals surface area contributed by atoms with E-state index in [-0.39, 0.29) is 17.6 Å². The maximum atomic E-state index is 13.0. The highest BCUT2D eigenvalue weighted by molar-refractivity contribution is 5.91. The van der Waals surface area contributed by atoms with Gasteiger partial charge in [-0.1, -0.05) is 6.07 Å². The number of hydrogen-bond acceptors (Lipinski definition) is 5. The fourth-order valence-electron chi connectivity index (χ4n) is 3.86. The van der Waals surface area contributed by atoms with Gasteiger partial charge in [-0.2, -0.15) is 4.98 Å². The number of imidazole rings is 1. The van der Waals surface area contributed by atoms with Crippen LogP contribution >= 0.6 is 0 Å². The number of likely N-dealkylation sites (tertiary alicyclic amines) is 1. The average molecular weight is 375 g/mol. The molecule has 8 nitrogen and oxygen atoms in total. The minimum absolute atomic E-state index is 0.151. The van der Waals surface area contributed by atoms with Crippen LogP contribution in [0, 0.1) is 13.8 Å². The molecule has 1 aromatic carbocycles. The predicted molar refractivity (Wildman–Crippen MR) is 104 cm³/mol. The van der Waals surface area contributed by atoms with Crippen LogP contribution in [0.15, 0.2) is 30.5 Å². The zero-order valence-corrected chi connectivity index (χ0v) is 15.9. The lowest BCUT2D eigenvalue weighted by Crippen LogP contribution is -2.39. The lowest BCUT2D eigenvalue weighted by atomic mass is 9.97. The summed E-state index contributed by atoms with van der Waals surface area (Å²) in [6.07, 6.45) is 3.60. The average Bonchev–Trinajstić information content (AvgIpc) is 3.32. The summed E-state index contributed by atoms with van der Waals surface area (Å²) in [5.41, 5.74) is 4.10. The lowest BCUT2D eigenvalue weighted by Gasteiger charge is -2.31. The third kappa shape index (κ3) is 2.81. The summed E-state index contributed by atoms with van der Waals surface area (Å²) < 4.78 is 1.61. The quantitative estimate of drug-likeness (QED) is 0.581. The Kier molecular flexibility index (Phi) is 3.85. The number of aromatic amines is 1. The second kappa shape index (κ2) is 6.40. The Hall–Kier alpha value is -3.29. The molecule has 0 saturated carbocycles. The van der Waals surface area contributed by atoms with Crippen LogP contribution in [0.2, 0.25) is 0 Å². The first kappa shape index (κ1) is 16.9. The summed E-state index contributed by atoms with van der Waals surface area (Å²) in [5, 5.41) is 4.36. The molecule has 28 heavy (non-hydrogen) atoms. The first-order valence-corrected chi connectivity index (χ1v) is 9.52. The third-order valence-corrected chi connectivity index (χ3v) is 5.37. The van der Waals surface area contributed by atoms with Crippen LogP contribution in [-0.2, 0) is 0 Å². The van der Waals surface area contributed by atoms with Gasteiger partial charge in [0, 0.05) is 30.9 Å². The molecule has 1 atom stereocenters. The number of hydrogen-bond donors (Lipinski definition) is 1. The number of carbonyl (C=O) groups excluding carboxylic acids is 1. The van der Waals surface area contributed by atoms with Crippen LogP contribution < -0.4 is 0 Å². The van der Waals surface area contributed by atoms with Crippen molar-refractivity contribution >= 4 is 22.7 Å². The molecule has 1 fully saturated rings. The number of nitrogens with zero attached hydrogens (tertiary/aromatic N) is 6. The number of benzene rings is 1. The van der Waals surface area contributed by atoms with E-state index in [9.17, 15) is 4.79 Å². The molecular weight excluding hydrogens is 354 g/mol. The van der Waals surface area contributed by atoms with Crippen LogP contribution in [0.3, 0.4) is 0 Å². The standard InChI is InChI=1S/C20H21N7O/c1-12-5-6-15-16(10-12)23-17(22-15)14-4-3-9-26(11-14)19(28)18-24-20-21-8-7-13(2)27(20)25-18/h5-8,10,14H,3-4,9,11H2,1-2H3,(H,22,23). The zero-order valence-electron chi connectivity index (χ0n) is 15.9. The highest BCUT2D eigenvalue weighted by Crippen LogP contribution is 2.27. The molecule has 3 aromatic heterocycles. The fraction of sp³-hybridized carbons (Fsp3) is 0.350. The number of piperidine rings is 1. The van der Waals surface area contributed by atoms with Gasteiger partial charge in [0.25, 0.3) is 11.7 Å². The van der Waals surface area contributed by atoms with Crippen molar-refractivity contribution in [2.24, 2.45) is 0 Å². The first-order chi connectivity index (χ1) is 13.6. The number of aromatic nitrogens is 6. The molecule has 4 aromatic rings. The maximum absolute atomic E-state index is 13.0. The van der Waals surface area contributed by atoms with E-state index in [1.54, 1.807) is 10.7 Å². The minimum atomic E-state index is -0.151. The second-order valence-electron chi connectivity index (χ2n) is 7.47. The molecule has 1 saturated heterocycles. The predicted octanol–water partition coefficient (Wildman–Crippen LogP) is 2.64. The maximum Gasteiger partial charge on any atom is 0.293 e. The monoisotopic (exact) mass is 375 g/mol. The van der Waals surface area contributed by atoms with Crippen molar-refractivity contribution in [3.8, 4) is 0 Å². The van der Waals surface area contributed by atoms with Gasteiger partial charge in [-0.05, 0) is 50.5 Å². The first-order valence-electron chi connectivity index (χ1n) is 9.52. The van der Waals surface area contributed by atoms with Gasteiger partial charge in [0.05, 0.1) is 11.0 Å². The summed E-state index contributed by atoms with van der Waals surface area (Å²) in [6, 6.07) is 8.05. The summed E-state index contributed by atoms with van der Waals surface area (Å²) in [6.45, 7) is 5.30. The molecule has 0 aliphatic carbocycles. The molecule has 0 spiro atoms. The number of nitrogens with one attached hydrogen (secondary N) is 1. The topological polar surface area (TPSA) is 92.1 Å². The van der Waals surface area contributed by atoms with E-state index >= 15 is 0 Å². The highest BCUT2D eigenvalue weighted by Gasteiger charge is 2.29. The molecule has 4 heterocycles. The Morgan fingerprint density at radius 3 is 2.96 bits per heavy atom. The van der Waals surface area contributed by atoms with Crippen LogP contribution in [0.1, 0.15) is 46.5 Å². The normalized spacial score (nSPS) is 17.5. The van der Waals surface area contributed by atoms with Crippen LogP contribution in [0.25, 0.3) is 16.8 Å². The smallest absolute Gasteiger partial charge is 0.293 e. The Balaban J connectivity index is 1.40. The summed E-state index contributed by atoms with van der Waals surface area (Å²) in [7, 11) is 0. The molecule has 1 aliphatic heterocycles. The van der Waals surface area contributed by atoms with E-state index < -0.39 is 0 Å². The van der Waals surface area contributed by atoms with Crippen LogP contribution in [0.4, 0.5) is 0 Å². The molecule has 142 valence electrons. The Bertz CT molecular complexity index is 1190. The Morgan fingerprint density at radius 1 is 1.21 bits per heavy atom. The van der Waals surface area contributed by atoms with E-state index in [1.165, 1.54) is 5.56 Å². The van der Waals surface area contributed by atoms with Gasteiger partial charge in [0.15, 0.2) is 0 Å². The Morgan fingerprint density at radius 2 is 2.11 bits per heavy atom. The van der Waals surface area contributed by atoms with E-state index in [0.717, 1.165) is 35.4 Å². The van der Waals surface area contributed by atoms with Crippen molar-refractivity contribution in [1.82, 2.24) is 34.4 Å². The summed E-state index contributed by atoms with van der Waals surface area (Å²) >= 11 is 0. The number of amides is 1. The van der Waals surface area contributed by atoms with Crippen LogP contribution in [-0.4, -0.2) is 53.4 Å². The molecule has 1 N–H and O–H groups in total. The molecular formula is C20H21N7O. The van der Waals surface area contributed by atoms with E-state index in [2.05, 4.69) is 39.1 Å². The van der Waals surface area contributed by atoms with Gasteiger partial charge in [-0.25, -0.2) is 14.5 Å². The van der Waals surface area contributed by atoms with E-state index in [0.29, 0.717) is 18.9 Å². The van der Waals surface area contributed by atoms with Crippen molar-refractivity contribution < 1.29 is 4.79 Å².